The Bertz CT molecular complexity index is 580. The van der Waals surface area contributed by atoms with E-state index < -0.39 is 38.5 Å². The van der Waals surface area contributed by atoms with Crippen LogP contribution in [-0.2, 0) is 10.0 Å². The van der Waals surface area contributed by atoms with Crippen molar-refractivity contribution in [1.29, 1.82) is 0 Å². The molecule has 1 heterocycles. The maximum Gasteiger partial charge on any atom is 0.402 e. The van der Waals surface area contributed by atoms with Crippen LogP contribution in [0.3, 0.4) is 0 Å². The average molecular weight is 376 g/mol. The van der Waals surface area contributed by atoms with Gasteiger partial charge in [0.15, 0.2) is 5.92 Å². The predicted molar refractivity (Wildman–Crippen MR) is 64.7 cm³/mol. The monoisotopic (exact) mass is 375 g/mol. The van der Waals surface area contributed by atoms with Crippen molar-refractivity contribution >= 4 is 33.0 Å². The van der Waals surface area contributed by atoms with Gasteiger partial charge in [0.1, 0.15) is 4.21 Å². The predicted octanol–water partition coefficient (Wildman–Crippen LogP) is 3.81. The van der Waals surface area contributed by atoms with Crippen LogP contribution in [0.1, 0.15) is 6.92 Å². The Morgan fingerprint density at radius 1 is 1.14 bits per heavy atom. The lowest BCUT2D eigenvalue weighted by Crippen LogP contribution is -2.50. The van der Waals surface area contributed by atoms with Crippen molar-refractivity contribution in [2.75, 3.05) is 0 Å². The zero-order chi connectivity index (χ0) is 16.6. The molecule has 0 aliphatic rings. The summed E-state index contributed by atoms with van der Waals surface area (Å²) in [4.78, 5) is 0. The van der Waals surface area contributed by atoms with Crippen molar-refractivity contribution in [3.63, 3.8) is 0 Å². The molecule has 0 radical (unpaired) electrons. The largest absolute Gasteiger partial charge is 0.402 e. The minimum atomic E-state index is -5.63. The second-order valence-corrected chi connectivity index (χ2v) is 7.69. The number of rotatable bonds is 4. The molecule has 1 unspecified atom stereocenters. The minimum absolute atomic E-state index is 0.0335. The number of alkyl halides is 6. The van der Waals surface area contributed by atoms with Crippen LogP contribution in [0.2, 0.25) is 4.34 Å². The molecular formula is C9H8ClF6NO2S2. The summed E-state index contributed by atoms with van der Waals surface area (Å²) in [6, 6.07) is -0.273. The zero-order valence-electron chi connectivity index (χ0n) is 10.1. The highest BCUT2D eigenvalue weighted by atomic mass is 35.5. The van der Waals surface area contributed by atoms with E-state index in [1.807, 2.05) is 0 Å². The van der Waals surface area contributed by atoms with Crippen LogP contribution in [0.4, 0.5) is 26.3 Å². The third-order valence-corrected chi connectivity index (χ3v) is 5.64. The van der Waals surface area contributed by atoms with Gasteiger partial charge >= 0.3 is 12.4 Å². The molecule has 1 aromatic heterocycles. The lowest BCUT2D eigenvalue weighted by atomic mass is 10.0. The van der Waals surface area contributed by atoms with E-state index >= 15 is 0 Å². The molecule has 122 valence electrons. The van der Waals surface area contributed by atoms with Gasteiger partial charge in [-0.1, -0.05) is 11.6 Å². The number of sulfonamides is 1. The fourth-order valence-electron chi connectivity index (χ4n) is 1.57. The number of hydrogen-bond acceptors (Lipinski definition) is 3. The Morgan fingerprint density at radius 3 is 1.95 bits per heavy atom. The summed E-state index contributed by atoms with van der Waals surface area (Å²) in [5.41, 5.74) is 0. The van der Waals surface area contributed by atoms with E-state index in [0.717, 1.165) is 12.1 Å². The Balaban J connectivity index is 3.05. The van der Waals surface area contributed by atoms with Crippen molar-refractivity contribution in [2.24, 2.45) is 5.92 Å². The molecule has 0 aliphatic carbocycles. The Labute approximate surface area is 125 Å². The van der Waals surface area contributed by atoms with Gasteiger partial charge in [0, 0.05) is 6.04 Å². The lowest BCUT2D eigenvalue weighted by Gasteiger charge is -2.28. The minimum Gasteiger partial charge on any atom is -0.207 e. The quantitative estimate of drug-likeness (QED) is 0.813. The number of nitrogens with one attached hydrogen (secondary N) is 1. The topological polar surface area (TPSA) is 46.2 Å². The van der Waals surface area contributed by atoms with Gasteiger partial charge in [-0.15, -0.1) is 11.3 Å². The van der Waals surface area contributed by atoms with Gasteiger partial charge in [-0.25, -0.2) is 13.1 Å². The first kappa shape index (κ1) is 18.5. The fourth-order valence-corrected chi connectivity index (χ4v) is 4.32. The number of hydrogen-bond donors (Lipinski definition) is 1. The highest BCUT2D eigenvalue weighted by Crippen LogP contribution is 2.41. The van der Waals surface area contributed by atoms with Crippen molar-refractivity contribution in [3.8, 4) is 0 Å². The van der Waals surface area contributed by atoms with E-state index in [1.54, 1.807) is 0 Å². The van der Waals surface area contributed by atoms with E-state index in [-0.39, 0.29) is 4.34 Å². The summed E-state index contributed by atoms with van der Waals surface area (Å²) in [7, 11) is -4.52. The van der Waals surface area contributed by atoms with Crippen LogP contribution in [0.25, 0.3) is 0 Å². The number of halogens is 7. The molecule has 1 N–H and O–H groups in total. The molecule has 0 spiro atoms. The van der Waals surface area contributed by atoms with Gasteiger partial charge in [0.2, 0.25) is 10.0 Å². The van der Waals surface area contributed by atoms with Crippen LogP contribution in [0.15, 0.2) is 16.3 Å². The second kappa shape index (κ2) is 5.94. The molecule has 1 rings (SSSR count). The number of thiophene rings is 1. The molecule has 21 heavy (non-hydrogen) atoms. The molecule has 0 saturated heterocycles. The first-order valence-electron chi connectivity index (χ1n) is 5.16. The van der Waals surface area contributed by atoms with Crippen LogP contribution in [-0.4, -0.2) is 26.8 Å². The van der Waals surface area contributed by atoms with Gasteiger partial charge < -0.3 is 0 Å². The van der Waals surface area contributed by atoms with Crippen LogP contribution in [0.5, 0.6) is 0 Å². The van der Waals surface area contributed by atoms with Crippen LogP contribution in [0, 0.1) is 5.92 Å². The third-order valence-electron chi connectivity index (χ3n) is 2.36. The zero-order valence-corrected chi connectivity index (χ0v) is 12.5. The second-order valence-electron chi connectivity index (χ2n) is 4.03. The van der Waals surface area contributed by atoms with Crippen molar-refractivity contribution in [3.05, 3.63) is 16.5 Å². The van der Waals surface area contributed by atoms with Gasteiger partial charge in [-0.3, -0.25) is 0 Å². The molecule has 0 fully saturated rings. The Morgan fingerprint density at radius 2 is 1.62 bits per heavy atom. The third kappa shape index (κ3) is 4.73. The summed E-state index contributed by atoms with van der Waals surface area (Å²) in [6.45, 7) is 0.498. The summed E-state index contributed by atoms with van der Waals surface area (Å²) in [5, 5.41) is 0. The first-order chi connectivity index (χ1) is 9.25. The van der Waals surface area contributed by atoms with Crippen LogP contribution < -0.4 is 4.72 Å². The van der Waals surface area contributed by atoms with Crippen molar-refractivity contribution in [1.82, 2.24) is 4.72 Å². The molecule has 3 nitrogen and oxygen atoms in total. The van der Waals surface area contributed by atoms with Gasteiger partial charge in [-0.05, 0) is 19.1 Å². The SMILES string of the molecule is CC(NS(=O)(=O)c1ccc(Cl)s1)C(C(F)(F)F)C(F)(F)F. The summed E-state index contributed by atoms with van der Waals surface area (Å²) < 4.78 is 99.2. The Hall–Kier alpha value is -0.520. The molecule has 12 heteroatoms. The Kier molecular flexibility index (Phi) is 5.24. The smallest absolute Gasteiger partial charge is 0.207 e. The summed E-state index contributed by atoms with van der Waals surface area (Å²) >= 11 is 5.99. The highest BCUT2D eigenvalue weighted by Gasteiger charge is 2.59. The average Bonchev–Trinajstić information content (AvgIpc) is 2.59. The molecule has 0 aliphatic heterocycles. The summed E-state index contributed by atoms with van der Waals surface area (Å²) in [5.74, 6) is -3.81. The molecular weight excluding hydrogens is 368 g/mol. The normalized spacial score (nSPS) is 15.5. The van der Waals surface area contributed by atoms with E-state index in [2.05, 4.69) is 0 Å². The molecule has 0 saturated carbocycles. The molecule has 0 amide bonds. The maximum atomic E-state index is 12.5. The van der Waals surface area contributed by atoms with Gasteiger partial charge in [-0.2, -0.15) is 26.3 Å². The highest BCUT2D eigenvalue weighted by molar-refractivity contribution is 7.91. The standard InChI is InChI=1S/C9H8ClF6NO2S2/c1-4(7(8(11,12)13)9(14,15)16)17-21(18,19)6-3-2-5(10)20-6/h2-4,7,17H,1H3. The van der Waals surface area contributed by atoms with Crippen molar-refractivity contribution in [2.45, 2.75) is 29.5 Å². The molecule has 0 bridgehead atoms. The molecule has 1 atom stereocenters. The summed E-state index contributed by atoms with van der Waals surface area (Å²) in [6.07, 6.45) is -11.3. The maximum absolute atomic E-state index is 12.5. The van der Waals surface area contributed by atoms with E-state index in [0.29, 0.717) is 18.3 Å². The first-order valence-corrected chi connectivity index (χ1v) is 7.84. The van der Waals surface area contributed by atoms with E-state index in [4.69, 9.17) is 11.6 Å². The lowest BCUT2D eigenvalue weighted by molar-refractivity contribution is -0.289. The molecule has 0 aromatic carbocycles. The van der Waals surface area contributed by atoms with Crippen LogP contribution >= 0.6 is 22.9 Å². The molecule has 1 aromatic rings. The fraction of sp³-hybridized carbons (Fsp3) is 0.556. The van der Waals surface area contributed by atoms with Crippen molar-refractivity contribution < 1.29 is 34.8 Å². The van der Waals surface area contributed by atoms with E-state index in [9.17, 15) is 34.8 Å². The van der Waals surface area contributed by atoms with E-state index in [1.165, 1.54) is 4.72 Å². The van der Waals surface area contributed by atoms with Gasteiger partial charge in [0.05, 0.1) is 4.34 Å². The van der Waals surface area contributed by atoms with Gasteiger partial charge in [0.25, 0.3) is 0 Å².